The molecule has 28 heavy (non-hydrogen) atoms. The van der Waals surface area contributed by atoms with Crippen molar-refractivity contribution in [1.29, 1.82) is 5.26 Å². The summed E-state index contributed by atoms with van der Waals surface area (Å²) < 4.78 is 0. The fraction of sp³-hybridized carbons (Fsp3) is 0.963. The maximum atomic E-state index is 8.64. The molecule has 3 aliphatic rings. The summed E-state index contributed by atoms with van der Waals surface area (Å²) >= 11 is 0. The molecule has 1 nitrogen and oxygen atoms in total. The van der Waals surface area contributed by atoms with Crippen LogP contribution >= 0.6 is 0 Å². The van der Waals surface area contributed by atoms with Crippen molar-refractivity contribution in [3.8, 4) is 6.07 Å². The summed E-state index contributed by atoms with van der Waals surface area (Å²) in [5, 5.41) is 8.64. The summed E-state index contributed by atoms with van der Waals surface area (Å²) in [5.41, 5.74) is 0. The minimum Gasteiger partial charge on any atom is -0.198 e. The SMILES string of the molecule is CCCC1CCC(C2CCC(C3CCC(CCCCCC#N)CC3)CC2)CC1. The van der Waals surface area contributed by atoms with E-state index in [1.54, 1.807) is 51.4 Å². The van der Waals surface area contributed by atoms with Gasteiger partial charge in [0, 0.05) is 6.42 Å². The molecule has 0 bridgehead atoms. The molecular weight excluding hydrogens is 338 g/mol. The Hall–Kier alpha value is -0.510. The van der Waals surface area contributed by atoms with E-state index in [9.17, 15) is 0 Å². The van der Waals surface area contributed by atoms with E-state index in [4.69, 9.17) is 5.26 Å². The van der Waals surface area contributed by atoms with Crippen LogP contribution in [0.25, 0.3) is 0 Å². The summed E-state index contributed by atoms with van der Waals surface area (Å²) in [5.74, 6) is 6.39. The van der Waals surface area contributed by atoms with Gasteiger partial charge in [-0.1, -0.05) is 64.7 Å². The van der Waals surface area contributed by atoms with E-state index in [0.717, 1.165) is 48.3 Å². The van der Waals surface area contributed by atoms with Gasteiger partial charge in [-0.15, -0.1) is 0 Å². The standard InChI is InChI=1S/C27H47N/c1-2-7-22-9-13-24(14-10-22)26-17-19-27(20-18-26)25-15-11-23(12-16-25)8-5-3-4-6-21-28/h22-27H,2-20H2,1H3. The minimum absolute atomic E-state index is 0.760. The monoisotopic (exact) mass is 385 g/mol. The van der Waals surface area contributed by atoms with E-state index in [2.05, 4.69) is 13.0 Å². The normalized spacial score (nSPS) is 36.7. The molecule has 0 radical (unpaired) electrons. The van der Waals surface area contributed by atoms with Crippen LogP contribution < -0.4 is 0 Å². The van der Waals surface area contributed by atoms with Crippen molar-refractivity contribution in [3.05, 3.63) is 0 Å². The summed E-state index contributed by atoms with van der Waals surface area (Å²) in [6.45, 7) is 2.36. The molecule has 0 aliphatic heterocycles. The van der Waals surface area contributed by atoms with Crippen LogP contribution in [-0.4, -0.2) is 0 Å². The quantitative estimate of drug-likeness (QED) is 0.364. The Bertz CT molecular complexity index is 439. The molecule has 160 valence electrons. The van der Waals surface area contributed by atoms with Crippen molar-refractivity contribution in [2.75, 3.05) is 0 Å². The van der Waals surface area contributed by atoms with Gasteiger partial charge in [0.05, 0.1) is 6.07 Å². The number of unbranched alkanes of at least 4 members (excludes halogenated alkanes) is 3. The van der Waals surface area contributed by atoms with Gasteiger partial charge in [-0.25, -0.2) is 0 Å². The first kappa shape index (κ1) is 22.2. The van der Waals surface area contributed by atoms with Crippen LogP contribution in [0.5, 0.6) is 0 Å². The second kappa shape index (κ2) is 12.2. The molecule has 0 amide bonds. The molecule has 1 heteroatoms. The highest BCUT2D eigenvalue weighted by molar-refractivity contribution is 4.86. The lowest BCUT2D eigenvalue weighted by Gasteiger charge is -2.41. The molecule has 0 atom stereocenters. The topological polar surface area (TPSA) is 23.8 Å². The lowest BCUT2D eigenvalue weighted by molar-refractivity contribution is 0.102. The van der Waals surface area contributed by atoms with Crippen LogP contribution in [0, 0.1) is 46.8 Å². The fourth-order valence-electron chi connectivity index (χ4n) is 7.21. The van der Waals surface area contributed by atoms with Crippen molar-refractivity contribution < 1.29 is 0 Å². The molecule has 3 fully saturated rings. The number of hydrogen-bond acceptors (Lipinski definition) is 1. The molecule has 3 aliphatic carbocycles. The molecular formula is C27H47N. The molecule has 0 aromatic carbocycles. The third kappa shape index (κ3) is 6.78. The van der Waals surface area contributed by atoms with Crippen LogP contribution in [0.1, 0.15) is 129 Å². The highest BCUT2D eigenvalue weighted by Gasteiger charge is 2.34. The van der Waals surface area contributed by atoms with Gasteiger partial charge in [0.25, 0.3) is 0 Å². The molecule has 0 N–H and O–H groups in total. The highest BCUT2D eigenvalue weighted by Crippen LogP contribution is 2.46. The fourth-order valence-corrected chi connectivity index (χ4v) is 7.21. The molecule has 0 spiro atoms. The largest absolute Gasteiger partial charge is 0.198 e. The molecule has 0 unspecified atom stereocenters. The smallest absolute Gasteiger partial charge is 0.0621 e. The minimum atomic E-state index is 0.760. The second-order valence-corrected chi connectivity index (χ2v) is 10.8. The second-order valence-electron chi connectivity index (χ2n) is 10.8. The maximum Gasteiger partial charge on any atom is 0.0621 e. The summed E-state index contributed by atoms with van der Waals surface area (Å²) in [6.07, 6.45) is 27.3. The van der Waals surface area contributed by atoms with Gasteiger partial charge >= 0.3 is 0 Å². The molecule has 3 saturated carbocycles. The average molecular weight is 386 g/mol. The van der Waals surface area contributed by atoms with E-state index in [0.29, 0.717) is 0 Å². The lowest BCUT2D eigenvalue weighted by Crippen LogP contribution is -2.29. The van der Waals surface area contributed by atoms with Crippen LogP contribution in [0.2, 0.25) is 0 Å². The first-order chi connectivity index (χ1) is 13.8. The third-order valence-electron chi connectivity index (χ3n) is 9.03. The van der Waals surface area contributed by atoms with Gasteiger partial charge in [-0.3, -0.25) is 0 Å². The van der Waals surface area contributed by atoms with Gasteiger partial charge in [0.1, 0.15) is 0 Å². The number of nitriles is 1. The van der Waals surface area contributed by atoms with E-state index >= 15 is 0 Å². The molecule has 0 aromatic rings. The van der Waals surface area contributed by atoms with Crippen molar-refractivity contribution in [2.45, 2.75) is 129 Å². The highest BCUT2D eigenvalue weighted by atomic mass is 14.4. The van der Waals surface area contributed by atoms with Crippen molar-refractivity contribution >= 4 is 0 Å². The van der Waals surface area contributed by atoms with Gasteiger partial charge in [-0.2, -0.15) is 5.26 Å². The summed E-state index contributed by atoms with van der Waals surface area (Å²) in [7, 11) is 0. The van der Waals surface area contributed by atoms with E-state index in [1.165, 1.54) is 57.8 Å². The van der Waals surface area contributed by atoms with Crippen molar-refractivity contribution in [3.63, 3.8) is 0 Å². The molecule has 0 saturated heterocycles. The van der Waals surface area contributed by atoms with Crippen LogP contribution in [0.3, 0.4) is 0 Å². The number of rotatable bonds is 9. The van der Waals surface area contributed by atoms with Crippen molar-refractivity contribution in [2.24, 2.45) is 35.5 Å². The third-order valence-corrected chi connectivity index (χ3v) is 9.03. The zero-order chi connectivity index (χ0) is 19.6. The van der Waals surface area contributed by atoms with E-state index in [1.807, 2.05) is 0 Å². The van der Waals surface area contributed by atoms with Gasteiger partial charge in [0.15, 0.2) is 0 Å². The van der Waals surface area contributed by atoms with Crippen LogP contribution in [0.15, 0.2) is 0 Å². The zero-order valence-corrected chi connectivity index (χ0v) is 18.8. The number of nitrogens with zero attached hydrogens (tertiary/aromatic N) is 1. The van der Waals surface area contributed by atoms with Crippen molar-refractivity contribution in [1.82, 2.24) is 0 Å². The zero-order valence-electron chi connectivity index (χ0n) is 18.8. The average Bonchev–Trinajstić information content (AvgIpc) is 2.75. The predicted molar refractivity (Wildman–Crippen MR) is 120 cm³/mol. The Kier molecular flexibility index (Phi) is 9.70. The van der Waals surface area contributed by atoms with E-state index in [-0.39, 0.29) is 0 Å². The predicted octanol–water partition coefficient (Wildman–Crippen LogP) is 8.68. The van der Waals surface area contributed by atoms with E-state index < -0.39 is 0 Å². The Balaban J connectivity index is 1.28. The Labute approximate surface area is 176 Å². The lowest BCUT2D eigenvalue weighted by atomic mass is 9.64. The first-order valence-corrected chi connectivity index (χ1v) is 13.2. The van der Waals surface area contributed by atoms with Crippen LogP contribution in [0.4, 0.5) is 0 Å². The Morgan fingerprint density at radius 1 is 0.571 bits per heavy atom. The number of hydrogen-bond donors (Lipinski definition) is 0. The molecule has 3 rings (SSSR count). The first-order valence-electron chi connectivity index (χ1n) is 13.2. The van der Waals surface area contributed by atoms with Gasteiger partial charge < -0.3 is 0 Å². The Morgan fingerprint density at radius 3 is 1.43 bits per heavy atom. The molecule has 0 heterocycles. The summed E-state index contributed by atoms with van der Waals surface area (Å²) in [6, 6.07) is 2.28. The van der Waals surface area contributed by atoms with Gasteiger partial charge in [-0.05, 0) is 93.3 Å². The Morgan fingerprint density at radius 2 is 1.00 bits per heavy atom. The summed E-state index contributed by atoms with van der Waals surface area (Å²) in [4.78, 5) is 0. The van der Waals surface area contributed by atoms with Crippen LogP contribution in [-0.2, 0) is 0 Å². The van der Waals surface area contributed by atoms with Gasteiger partial charge in [0.2, 0.25) is 0 Å². The maximum absolute atomic E-state index is 8.64. The molecule has 0 aromatic heterocycles.